The lowest BCUT2D eigenvalue weighted by Crippen LogP contribution is -2.62. The van der Waals surface area contributed by atoms with Gasteiger partial charge in [0.25, 0.3) is 0 Å². The van der Waals surface area contributed by atoms with Crippen LogP contribution in [0.3, 0.4) is 0 Å². The zero-order valence-electron chi connectivity index (χ0n) is 41.7. The van der Waals surface area contributed by atoms with Crippen molar-refractivity contribution in [2.45, 2.75) is 156 Å². The highest BCUT2D eigenvalue weighted by atomic mass is 16.3. The number of aliphatic hydroxyl groups excluding tert-OH is 1. The van der Waals surface area contributed by atoms with Crippen LogP contribution in [0.1, 0.15) is 108 Å². The van der Waals surface area contributed by atoms with E-state index in [0.29, 0.717) is 45.2 Å². The molecule has 0 bridgehead atoms. The van der Waals surface area contributed by atoms with Crippen LogP contribution in [-0.2, 0) is 47.9 Å². The van der Waals surface area contributed by atoms with Gasteiger partial charge in [-0.2, -0.15) is 0 Å². The largest absolute Gasteiger partial charge is 0.391 e. The number of amides is 10. The number of aliphatic hydroxyl groups is 1. The molecule has 0 aromatic rings. The van der Waals surface area contributed by atoms with Gasteiger partial charge in [0.05, 0.1) is 19.2 Å². The smallest absolute Gasteiger partial charge is 0.245 e. The number of likely N-dealkylation sites (tertiary alicyclic amines) is 1. The Morgan fingerprint density at radius 1 is 0.706 bits per heavy atom. The third-order valence-corrected chi connectivity index (χ3v) is 11.8. The van der Waals surface area contributed by atoms with Crippen molar-refractivity contribution in [2.75, 3.05) is 39.8 Å². The van der Waals surface area contributed by atoms with Gasteiger partial charge in [0.2, 0.25) is 59.1 Å². The number of guanidine groups is 1. The molecule has 1 aliphatic rings. The normalized spacial score (nSPS) is 17.2. The third-order valence-electron chi connectivity index (χ3n) is 11.8. The van der Waals surface area contributed by atoms with Crippen molar-refractivity contribution in [1.29, 1.82) is 0 Å². The molecule has 0 radical (unpaired) electrons. The zero-order chi connectivity index (χ0) is 52.0. The van der Waals surface area contributed by atoms with Gasteiger partial charge in [-0.15, -0.1) is 0 Å². The van der Waals surface area contributed by atoms with E-state index in [0.717, 1.165) is 4.90 Å². The number of hydrogen-bond acceptors (Lipinski definition) is 12. The van der Waals surface area contributed by atoms with Gasteiger partial charge in [-0.3, -0.25) is 52.9 Å². The number of likely N-dealkylation sites (N-methyl/N-ethyl adjacent to an activating group) is 2. The minimum atomic E-state index is -1.62. The number of aliphatic imine (C=N–C) groups is 1. The minimum absolute atomic E-state index is 0.112. The molecule has 386 valence electrons. The summed E-state index contributed by atoms with van der Waals surface area (Å²) in [5, 5.41) is 31.4. The van der Waals surface area contributed by atoms with Crippen LogP contribution in [0.2, 0.25) is 0 Å². The Kier molecular flexibility index (Phi) is 26.1. The molecule has 0 aromatic heterocycles. The second-order valence-electron chi connectivity index (χ2n) is 17.7. The maximum Gasteiger partial charge on any atom is 0.245 e. The molecule has 0 spiro atoms. The van der Waals surface area contributed by atoms with Crippen LogP contribution in [0.5, 0.6) is 0 Å². The number of nitrogens with zero attached hydrogens (tertiary/aromatic N) is 3. The van der Waals surface area contributed by atoms with Crippen molar-refractivity contribution < 1.29 is 53.1 Å². The lowest BCUT2D eigenvalue weighted by molar-refractivity contribution is -0.142. The SMILES string of the molecule is CCNC(=O)[C@@H]1CCCN1C(=O)[C@H](CCCN=C(N)N)NC(=O)[C@@H](NC(=O)[C@H](C)NC(=O)[C@@H](NC(=O)[C@H](NC(=O)[C@@H](NC(=O)CNC(=O)CN(C)C(C)=O)C(C)C)[C@@H](C)CC)[C@@H](C)O)[C@@H](C)CC. The molecule has 10 amide bonds. The number of nitrogens with two attached hydrogens (primary N) is 2. The van der Waals surface area contributed by atoms with Crippen molar-refractivity contribution in [2.24, 2.45) is 34.2 Å². The second kappa shape index (κ2) is 29.6. The average Bonchev–Trinajstić information content (AvgIpc) is 3.77. The number of rotatable bonds is 28. The van der Waals surface area contributed by atoms with Crippen molar-refractivity contribution in [3.63, 3.8) is 0 Å². The number of hydrogen-bond donors (Lipinski definition) is 11. The van der Waals surface area contributed by atoms with E-state index >= 15 is 0 Å². The topological polar surface area (TPSA) is 358 Å². The lowest BCUT2D eigenvalue weighted by Gasteiger charge is -2.31. The van der Waals surface area contributed by atoms with Gasteiger partial charge in [0.15, 0.2) is 5.96 Å². The molecule has 1 saturated heterocycles. The summed E-state index contributed by atoms with van der Waals surface area (Å²) in [6.45, 7) is 16.0. The Bertz CT molecular complexity index is 1790. The zero-order valence-corrected chi connectivity index (χ0v) is 41.7. The summed E-state index contributed by atoms with van der Waals surface area (Å²) in [6, 6.07) is -8.38. The summed E-state index contributed by atoms with van der Waals surface area (Å²) >= 11 is 0. The monoisotopic (exact) mass is 966 g/mol. The summed E-state index contributed by atoms with van der Waals surface area (Å²) in [4.78, 5) is 138. The maximum absolute atomic E-state index is 14.0. The lowest BCUT2D eigenvalue weighted by atomic mass is 9.96. The highest BCUT2D eigenvalue weighted by Crippen LogP contribution is 2.20. The van der Waals surface area contributed by atoms with E-state index in [2.05, 4.69) is 47.5 Å². The predicted octanol–water partition coefficient (Wildman–Crippen LogP) is -3.18. The van der Waals surface area contributed by atoms with Gasteiger partial charge in [-0.1, -0.05) is 54.4 Å². The van der Waals surface area contributed by atoms with Crippen LogP contribution in [0, 0.1) is 17.8 Å². The highest BCUT2D eigenvalue weighted by molar-refractivity contribution is 5.98. The van der Waals surface area contributed by atoms with Crippen LogP contribution in [0.4, 0.5) is 0 Å². The van der Waals surface area contributed by atoms with Crippen molar-refractivity contribution >= 4 is 65.0 Å². The van der Waals surface area contributed by atoms with Crippen molar-refractivity contribution in [3.8, 4) is 0 Å². The van der Waals surface area contributed by atoms with E-state index in [1.165, 1.54) is 32.7 Å². The highest BCUT2D eigenvalue weighted by Gasteiger charge is 2.40. The first-order valence-electron chi connectivity index (χ1n) is 23.4. The molecule has 1 aliphatic heterocycles. The van der Waals surface area contributed by atoms with Gasteiger partial charge in [-0.05, 0) is 64.2 Å². The Hall–Kier alpha value is -6.07. The number of carbonyl (C=O) groups is 10. The number of nitrogens with one attached hydrogen (secondary N) is 8. The summed E-state index contributed by atoms with van der Waals surface area (Å²) in [6.07, 6.45) is 0.741. The molecule has 0 aromatic carbocycles. The molecule has 68 heavy (non-hydrogen) atoms. The Balaban J connectivity index is 3.19. The quantitative estimate of drug-likeness (QED) is 0.0210. The van der Waals surface area contributed by atoms with Gasteiger partial charge >= 0.3 is 0 Å². The summed E-state index contributed by atoms with van der Waals surface area (Å²) in [5.41, 5.74) is 10.9. The van der Waals surface area contributed by atoms with Crippen LogP contribution in [-0.4, -0.2) is 168 Å². The Morgan fingerprint density at radius 3 is 1.75 bits per heavy atom. The first-order chi connectivity index (χ1) is 31.8. The summed E-state index contributed by atoms with van der Waals surface area (Å²) in [7, 11) is 1.42. The van der Waals surface area contributed by atoms with Crippen molar-refractivity contribution in [3.05, 3.63) is 0 Å². The fourth-order valence-corrected chi connectivity index (χ4v) is 7.08. The van der Waals surface area contributed by atoms with Gasteiger partial charge in [0.1, 0.15) is 42.3 Å². The van der Waals surface area contributed by atoms with Crippen molar-refractivity contribution in [1.82, 2.24) is 52.3 Å². The van der Waals surface area contributed by atoms with Gasteiger partial charge in [0, 0.05) is 33.6 Å². The molecule has 0 aliphatic carbocycles. The molecule has 1 fully saturated rings. The van der Waals surface area contributed by atoms with Crippen LogP contribution in [0.15, 0.2) is 4.99 Å². The third kappa shape index (κ3) is 19.6. The van der Waals surface area contributed by atoms with Crippen LogP contribution < -0.4 is 54.0 Å². The predicted molar refractivity (Wildman–Crippen MR) is 252 cm³/mol. The average molecular weight is 966 g/mol. The van der Waals surface area contributed by atoms with Crippen LogP contribution in [0.25, 0.3) is 0 Å². The first kappa shape index (κ1) is 59.9. The fraction of sp³-hybridized carbons (Fsp3) is 0.750. The second-order valence-corrected chi connectivity index (χ2v) is 17.7. The summed E-state index contributed by atoms with van der Waals surface area (Å²) in [5.74, 6) is -8.07. The van der Waals surface area contributed by atoms with Gasteiger partial charge in [-0.25, -0.2) is 0 Å². The molecule has 10 atom stereocenters. The molecule has 1 heterocycles. The van der Waals surface area contributed by atoms with E-state index < -0.39 is 120 Å². The molecular weight excluding hydrogens is 887 g/mol. The molecule has 0 saturated carbocycles. The van der Waals surface area contributed by atoms with E-state index in [-0.39, 0.29) is 37.3 Å². The maximum atomic E-state index is 14.0. The molecular formula is C44H79N13O11. The molecule has 13 N–H and O–H groups in total. The van der Waals surface area contributed by atoms with E-state index in [1.54, 1.807) is 48.5 Å². The first-order valence-corrected chi connectivity index (χ1v) is 23.4. The van der Waals surface area contributed by atoms with Crippen LogP contribution >= 0.6 is 0 Å². The molecule has 24 nitrogen and oxygen atoms in total. The number of carbonyl (C=O) groups excluding carboxylic acids is 10. The molecule has 1 rings (SSSR count). The molecule has 0 unspecified atom stereocenters. The van der Waals surface area contributed by atoms with Gasteiger partial charge < -0.3 is 68.9 Å². The minimum Gasteiger partial charge on any atom is -0.391 e. The van der Waals surface area contributed by atoms with E-state index in [9.17, 15) is 53.1 Å². The standard InChI is InChI=1S/C44H79N13O11/c1-12-24(6)34(40(65)51-29(17-15-19-48-44(45)46)43(68)57-20-16-18-30(57)38(63)47-14-3)53-37(62)26(8)50-42(67)36(27(9)58)55-41(66)35(25(7)13-2)54-39(64)33(23(4)5)52-31(60)21-49-32(61)22-56(11)28(10)59/h23-27,29-30,33-36,58H,12-22H2,1-11H3,(H,47,63)(H,49,61)(H,50,67)(H,51,65)(H,52,60)(H,53,62)(H,54,64)(H,55,66)(H4,45,46,48)/t24-,25-,26-,27+,29-,30-,33-,34-,35+,36-/m0/s1. The summed E-state index contributed by atoms with van der Waals surface area (Å²) < 4.78 is 0. The molecule has 24 heteroatoms. The Morgan fingerprint density at radius 2 is 1.24 bits per heavy atom. The van der Waals surface area contributed by atoms with E-state index in [1.807, 2.05) is 0 Å². The Labute approximate surface area is 399 Å². The fourth-order valence-electron chi connectivity index (χ4n) is 7.08. The van der Waals surface area contributed by atoms with E-state index in [4.69, 9.17) is 11.5 Å².